The molecule has 3 heterocycles. The summed E-state index contributed by atoms with van der Waals surface area (Å²) in [6.07, 6.45) is 8.22. The molecule has 2 atom stereocenters. The zero-order valence-electron chi connectivity index (χ0n) is 27.6. The zero-order chi connectivity index (χ0) is 31.9. The highest BCUT2D eigenvalue weighted by Gasteiger charge is 2.38. The topological polar surface area (TPSA) is 87.2 Å². The number of unbranched alkanes of at least 4 members (excludes halogenated alkanes) is 2. The highest BCUT2D eigenvalue weighted by atomic mass is 19.1. The lowest BCUT2D eigenvalue weighted by Crippen LogP contribution is -2.42. The van der Waals surface area contributed by atoms with Gasteiger partial charge in [0, 0.05) is 50.6 Å². The first-order chi connectivity index (χ1) is 21.0. The number of aryl methyl sites for hydroxylation is 2. The van der Waals surface area contributed by atoms with Crippen LogP contribution in [0.25, 0.3) is 0 Å². The molecule has 1 saturated heterocycles. The van der Waals surface area contributed by atoms with E-state index in [1.54, 1.807) is 7.11 Å². The minimum absolute atomic E-state index is 0.0214. The Morgan fingerprint density at radius 2 is 2.00 bits per heavy atom. The van der Waals surface area contributed by atoms with Crippen LogP contribution in [0.4, 0.5) is 10.2 Å². The number of ether oxygens (including phenoxy) is 2. The van der Waals surface area contributed by atoms with E-state index in [2.05, 4.69) is 36.2 Å². The second kappa shape index (κ2) is 15.5. The molecular weight excluding hydrogens is 559 g/mol. The average Bonchev–Trinajstić information content (AvgIpc) is 3.47. The molecule has 0 unspecified atom stereocenters. The molecule has 0 bridgehead atoms. The zero-order valence-corrected chi connectivity index (χ0v) is 27.6. The van der Waals surface area contributed by atoms with E-state index in [1.807, 2.05) is 24.8 Å². The Hall–Kier alpha value is -2.75. The van der Waals surface area contributed by atoms with Gasteiger partial charge in [0.05, 0.1) is 12.7 Å². The molecule has 2 aromatic rings. The minimum Gasteiger partial charge on any atom is -0.493 e. The molecule has 244 valence electrons. The number of benzene rings is 1. The van der Waals surface area contributed by atoms with Gasteiger partial charge in [0.15, 0.2) is 11.6 Å². The standard InChI is InChI=1S/C35H53FN4O4/c1-24(2)26-21-29(32(43-5)30(36)22-26)31(34(41)42)40-19-15-28(23-40)39(20-16-35(3,4)44-6)18-9-7-8-12-27-14-13-25-11-10-17-37-33(25)38-27/h13-14,21-22,24,28,31H,7-12,15-20,23H2,1-6H3,(H,37,38)(H,41,42)/t28-,31+/m1/s1. The molecular formula is C35H53FN4O4. The molecule has 0 amide bonds. The Morgan fingerprint density at radius 1 is 1.20 bits per heavy atom. The number of anilines is 1. The maximum atomic E-state index is 15.1. The molecule has 1 aromatic heterocycles. The molecule has 9 heteroatoms. The molecule has 8 nitrogen and oxygen atoms in total. The number of methoxy groups -OCH3 is 2. The number of aliphatic carboxylic acids is 1. The summed E-state index contributed by atoms with van der Waals surface area (Å²) in [7, 11) is 3.15. The summed E-state index contributed by atoms with van der Waals surface area (Å²) in [6, 6.07) is 6.90. The van der Waals surface area contributed by atoms with Crippen LogP contribution >= 0.6 is 0 Å². The van der Waals surface area contributed by atoms with Crippen LogP contribution in [0.5, 0.6) is 5.75 Å². The number of carboxylic acid groups (broad SMARTS) is 1. The summed E-state index contributed by atoms with van der Waals surface area (Å²) in [5.74, 6) is -0.354. The highest BCUT2D eigenvalue weighted by molar-refractivity contribution is 5.77. The molecule has 0 saturated carbocycles. The van der Waals surface area contributed by atoms with Crippen molar-refractivity contribution in [1.29, 1.82) is 0 Å². The summed E-state index contributed by atoms with van der Waals surface area (Å²) < 4.78 is 26.2. The molecule has 4 rings (SSSR count). The third-order valence-corrected chi connectivity index (χ3v) is 9.45. The first-order valence-electron chi connectivity index (χ1n) is 16.4. The molecule has 2 N–H and O–H groups in total. The highest BCUT2D eigenvalue weighted by Crippen LogP contribution is 2.37. The lowest BCUT2D eigenvalue weighted by molar-refractivity contribution is -0.143. The maximum Gasteiger partial charge on any atom is 0.325 e. The third kappa shape index (κ3) is 8.70. The number of nitrogens with one attached hydrogen (secondary N) is 1. The number of likely N-dealkylation sites (tertiary alicyclic amines) is 1. The van der Waals surface area contributed by atoms with Crippen LogP contribution < -0.4 is 10.1 Å². The average molecular weight is 613 g/mol. The number of hydrogen-bond acceptors (Lipinski definition) is 7. The lowest BCUT2D eigenvalue weighted by atomic mass is 9.95. The number of halogens is 1. The Balaban J connectivity index is 1.41. The van der Waals surface area contributed by atoms with E-state index in [4.69, 9.17) is 14.5 Å². The van der Waals surface area contributed by atoms with Gasteiger partial charge < -0.3 is 19.9 Å². The van der Waals surface area contributed by atoms with Crippen LogP contribution in [-0.2, 0) is 22.4 Å². The second-order valence-corrected chi connectivity index (χ2v) is 13.4. The van der Waals surface area contributed by atoms with Crippen LogP contribution in [-0.4, -0.2) is 84.4 Å². The summed E-state index contributed by atoms with van der Waals surface area (Å²) in [6.45, 7) is 12.2. The quantitative estimate of drug-likeness (QED) is 0.210. The molecule has 0 spiro atoms. The summed E-state index contributed by atoms with van der Waals surface area (Å²) in [4.78, 5) is 22.1. The maximum absolute atomic E-state index is 15.1. The lowest BCUT2D eigenvalue weighted by Gasteiger charge is -2.33. The van der Waals surface area contributed by atoms with Gasteiger partial charge in [-0.2, -0.15) is 0 Å². The Kier molecular flexibility index (Phi) is 12.0. The second-order valence-electron chi connectivity index (χ2n) is 13.4. The minimum atomic E-state index is -0.984. The van der Waals surface area contributed by atoms with Crippen molar-refractivity contribution in [2.75, 3.05) is 52.3 Å². The smallest absolute Gasteiger partial charge is 0.325 e. The van der Waals surface area contributed by atoms with Crippen molar-refractivity contribution in [3.05, 3.63) is 52.5 Å². The molecule has 2 aliphatic heterocycles. The Labute approximate surface area is 263 Å². The predicted octanol–water partition coefficient (Wildman–Crippen LogP) is 6.44. The molecule has 2 aliphatic rings. The molecule has 44 heavy (non-hydrogen) atoms. The van der Waals surface area contributed by atoms with Crippen molar-refractivity contribution in [2.24, 2.45) is 0 Å². The fraction of sp³-hybridized carbons (Fsp3) is 0.657. The number of hydrogen-bond donors (Lipinski definition) is 2. The van der Waals surface area contributed by atoms with E-state index >= 15 is 4.39 Å². The van der Waals surface area contributed by atoms with Crippen LogP contribution in [0.15, 0.2) is 24.3 Å². The molecule has 1 fully saturated rings. The van der Waals surface area contributed by atoms with Gasteiger partial charge in [-0.15, -0.1) is 0 Å². The van der Waals surface area contributed by atoms with E-state index in [1.165, 1.54) is 25.2 Å². The van der Waals surface area contributed by atoms with E-state index in [0.29, 0.717) is 18.7 Å². The summed E-state index contributed by atoms with van der Waals surface area (Å²) in [5, 5.41) is 13.8. The van der Waals surface area contributed by atoms with E-state index in [-0.39, 0.29) is 23.3 Å². The van der Waals surface area contributed by atoms with E-state index in [0.717, 1.165) is 81.7 Å². The van der Waals surface area contributed by atoms with Gasteiger partial charge >= 0.3 is 5.97 Å². The number of rotatable bonds is 16. The molecule has 1 aromatic carbocycles. The van der Waals surface area contributed by atoms with Gasteiger partial charge in [0.2, 0.25) is 0 Å². The van der Waals surface area contributed by atoms with Crippen molar-refractivity contribution < 1.29 is 23.8 Å². The van der Waals surface area contributed by atoms with Crippen molar-refractivity contribution in [3.8, 4) is 5.75 Å². The van der Waals surface area contributed by atoms with Gasteiger partial charge in [-0.25, -0.2) is 9.37 Å². The number of aromatic nitrogens is 1. The first kappa shape index (κ1) is 34.1. The fourth-order valence-corrected chi connectivity index (χ4v) is 6.47. The number of fused-ring (bicyclic) bond motifs is 1. The number of nitrogens with zero attached hydrogens (tertiary/aromatic N) is 3. The Morgan fingerprint density at radius 3 is 2.70 bits per heavy atom. The van der Waals surface area contributed by atoms with Gasteiger partial charge in [0.25, 0.3) is 0 Å². The first-order valence-corrected chi connectivity index (χ1v) is 16.4. The third-order valence-electron chi connectivity index (χ3n) is 9.45. The normalized spacial score (nSPS) is 18.0. The predicted molar refractivity (Wildman–Crippen MR) is 173 cm³/mol. The van der Waals surface area contributed by atoms with Gasteiger partial charge in [-0.3, -0.25) is 14.6 Å². The SMILES string of the molecule is COc1c(F)cc(C(C)C)cc1[C@@H](C(=O)O)N1CC[C@@H](N(CCCCCc2ccc3c(n2)NCCC3)CCC(C)(C)OC)C1. The number of pyridine rings is 1. The summed E-state index contributed by atoms with van der Waals surface area (Å²) in [5.41, 5.74) is 3.39. The largest absolute Gasteiger partial charge is 0.493 e. The van der Waals surface area contributed by atoms with Crippen LogP contribution in [0.3, 0.4) is 0 Å². The van der Waals surface area contributed by atoms with E-state index in [9.17, 15) is 9.90 Å². The van der Waals surface area contributed by atoms with Crippen molar-refractivity contribution in [3.63, 3.8) is 0 Å². The molecule has 0 aliphatic carbocycles. The van der Waals surface area contributed by atoms with Crippen LogP contribution in [0.1, 0.15) is 101 Å². The summed E-state index contributed by atoms with van der Waals surface area (Å²) >= 11 is 0. The number of carbonyl (C=O) groups is 1. The Bertz CT molecular complexity index is 1250. The van der Waals surface area contributed by atoms with Crippen molar-refractivity contribution in [1.82, 2.24) is 14.8 Å². The van der Waals surface area contributed by atoms with E-state index < -0.39 is 17.8 Å². The number of carboxylic acids is 1. The van der Waals surface area contributed by atoms with Gasteiger partial charge in [0.1, 0.15) is 11.9 Å². The fourth-order valence-electron chi connectivity index (χ4n) is 6.47. The van der Waals surface area contributed by atoms with Gasteiger partial charge in [-0.1, -0.05) is 26.3 Å². The van der Waals surface area contributed by atoms with Crippen LogP contribution in [0.2, 0.25) is 0 Å². The van der Waals surface area contributed by atoms with Crippen molar-refractivity contribution >= 4 is 11.8 Å². The molecule has 0 radical (unpaired) electrons. The monoisotopic (exact) mass is 612 g/mol. The van der Waals surface area contributed by atoms with Crippen molar-refractivity contribution in [2.45, 2.75) is 103 Å². The van der Waals surface area contributed by atoms with Gasteiger partial charge in [-0.05, 0) is 101 Å². The van der Waals surface area contributed by atoms with Crippen LogP contribution in [0, 0.1) is 5.82 Å².